The van der Waals surface area contributed by atoms with Crippen molar-refractivity contribution in [3.05, 3.63) is 59.7 Å². The molecule has 5 nitrogen and oxygen atoms in total. The van der Waals surface area contributed by atoms with E-state index in [-0.39, 0.29) is 18.3 Å². The predicted molar refractivity (Wildman–Crippen MR) is 104 cm³/mol. The number of nitrogens with zero attached hydrogens (tertiary/aromatic N) is 2. The molecular formula is C20H21N3O2S. The first kappa shape index (κ1) is 18.2. The Morgan fingerprint density at radius 3 is 2.65 bits per heavy atom. The van der Waals surface area contributed by atoms with Crippen LogP contribution in [0.5, 0.6) is 0 Å². The van der Waals surface area contributed by atoms with E-state index in [0.29, 0.717) is 11.1 Å². The van der Waals surface area contributed by atoms with E-state index < -0.39 is 0 Å². The lowest BCUT2D eigenvalue weighted by molar-refractivity contribution is -0.115. The van der Waals surface area contributed by atoms with Gasteiger partial charge in [-0.05, 0) is 30.7 Å². The van der Waals surface area contributed by atoms with E-state index in [1.165, 1.54) is 0 Å². The first-order chi connectivity index (χ1) is 12.5. The number of rotatable bonds is 6. The van der Waals surface area contributed by atoms with Crippen LogP contribution in [0.4, 0.5) is 6.01 Å². The molecule has 0 unspecified atom stereocenters. The highest BCUT2D eigenvalue weighted by Crippen LogP contribution is 2.28. The van der Waals surface area contributed by atoms with Crippen molar-refractivity contribution in [3.8, 4) is 11.5 Å². The molecule has 0 atom stereocenters. The minimum Gasteiger partial charge on any atom is -0.403 e. The molecule has 134 valence electrons. The average molecular weight is 367 g/mol. The maximum atomic E-state index is 12.1. The second-order valence-corrected chi connectivity index (χ2v) is 7.97. The van der Waals surface area contributed by atoms with Crippen LogP contribution in [-0.4, -0.2) is 21.4 Å². The number of hydrogen-bond acceptors (Lipinski definition) is 5. The van der Waals surface area contributed by atoms with Crippen LogP contribution >= 0.6 is 11.8 Å². The fourth-order valence-corrected chi connectivity index (χ4v) is 3.32. The lowest BCUT2D eigenvalue weighted by Gasteiger charge is -2.05. The molecule has 0 radical (unpaired) electrons. The number of carbonyl (C=O) groups is 1. The topological polar surface area (TPSA) is 68.0 Å². The largest absolute Gasteiger partial charge is 0.403 e. The van der Waals surface area contributed by atoms with Crippen molar-refractivity contribution in [2.45, 2.75) is 37.3 Å². The Morgan fingerprint density at radius 2 is 1.92 bits per heavy atom. The highest BCUT2D eigenvalue weighted by Gasteiger charge is 2.12. The molecule has 0 aliphatic heterocycles. The van der Waals surface area contributed by atoms with Crippen LogP contribution in [-0.2, 0) is 11.2 Å². The zero-order valence-corrected chi connectivity index (χ0v) is 15.8. The third-order valence-corrected chi connectivity index (χ3v) is 4.61. The second kappa shape index (κ2) is 8.19. The average Bonchev–Trinajstić information content (AvgIpc) is 3.05. The highest BCUT2D eigenvalue weighted by atomic mass is 32.2. The summed E-state index contributed by atoms with van der Waals surface area (Å²) in [5.41, 5.74) is 2.93. The summed E-state index contributed by atoms with van der Waals surface area (Å²) in [6.45, 7) is 6.30. The van der Waals surface area contributed by atoms with Gasteiger partial charge in [0.2, 0.25) is 11.8 Å². The number of aromatic nitrogens is 2. The predicted octanol–water partition coefficient (Wildman–Crippen LogP) is 4.73. The lowest BCUT2D eigenvalue weighted by Crippen LogP contribution is -2.14. The highest BCUT2D eigenvalue weighted by molar-refractivity contribution is 7.99. The van der Waals surface area contributed by atoms with Crippen molar-refractivity contribution in [3.63, 3.8) is 0 Å². The number of benzene rings is 2. The molecule has 1 N–H and O–H groups in total. The zero-order chi connectivity index (χ0) is 18.5. The number of carbonyl (C=O) groups excluding carboxylic acids is 1. The number of anilines is 1. The fourth-order valence-electron chi connectivity index (χ4n) is 2.42. The summed E-state index contributed by atoms with van der Waals surface area (Å²) in [7, 11) is 0. The normalized spacial score (nSPS) is 10.9. The third-order valence-electron chi connectivity index (χ3n) is 3.61. The van der Waals surface area contributed by atoms with E-state index in [2.05, 4.69) is 35.4 Å². The first-order valence-electron chi connectivity index (χ1n) is 8.45. The van der Waals surface area contributed by atoms with Gasteiger partial charge in [0.1, 0.15) is 0 Å². The van der Waals surface area contributed by atoms with Gasteiger partial charge in [-0.2, -0.15) is 0 Å². The Labute approximate surface area is 157 Å². The molecule has 1 amide bonds. The Balaban J connectivity index is 1.66. The Morgan fingerprint density at radius 1 is 1.15 bits per heavy atom. The van der Waals surface area contributed by atoms with Crippen LogP contribution in [0.2, 0.25) is 0 Å². The van der Waals surface area contributed by atoms with Gasteiger partial charge < -0.3 is 4.42 Å². The number of thioether (sulfide) groups is 1. The molecule has 26 heavy (non-hydrogen) atoms. The molecule has 0 spiro atoms. The van der Waals surface area contributed by atoms with Gasteiger partial charge in [0.05, 0.1) is 6.42 Å². The number of amides is 1. The molecule has 6 heteroatoms. The summed E-state index contributed by atoms with van der Waals surface area (Å²) in [5, 5.41) is 11.1. The van der Waals surface area contributed by atoms with Gasteiger partial charge in [-0.1, -0.05) is 54.8 Å². The molecule has 0 fully saturated rings. The smallest absolute Gasteiger partial charge is 0.322 e. The Hall–Kier alpha value is -2.60. The maximum absolute atomic E-state index is 12.1. The minimum atomic E-state index is -0.187. The van der Waals surface area contributed by atoms with Crippen LogP contribution in [0.3, 0.4) is 0 Å². The van der Waals surface area contributed by atoms with Crippen molar-refractivity contribution < 1.29 is 9.21 Å². The van der Waals surface area contributed by atoms with Crippen molar-refractivity contribution in [1.29, 1.82) is 0 Å². The van der Waals surface area contributed by atoms with Gasteiger partial charge >= 0.3 is 6.01 Å². The number of aryl methyl sites for hydroxylation is 1. The number of hydrogen-bond donors (Lipinski definition) is 1. The molecule has 0 aliphatic rings. The molecule has 3 aromatic rings. The standard InChI is InChI=1S/C20H21N3O2S/c1-13(2)26-17-6-4-5-16(12-17)19-22-23-20(25-19)21-18(24)11-15-9-7-14(3)8-10-15/h4-10,12-13H,11H2,1-3H3,(H,21,23,24). The van der Waals surface area contributed by atoms with E-state index in [4.69, 9.17) is 4.42 Å². The SMILES string of the molecule is Cc1ccc(CC(=O)Nc2nnc(-c3cccc(SC(C)C)c3)o2)cc1. The maximum Gasteiger partial charge on any atom is 0.322 e. The van der Waals surface area contributed by atoms with E-state index in [1.807, 2.05) is 49.4 Å². The van der Waals surface area contributed by atoms with Gasteiger partial charge in [0.25, 0.3) is 0 Å². The van der Waals surface area contributed by atoms with Gasteiger partial charge in [-0.15, -0.1) is 16.9 Å². The summed E-state index contributed by atoms with van der Waals surface area (Å²) < 4.78 is 5.59. The molecule has 2 aromatic carbocycles. The van der Waals surface area contributed by atoms with Crippen LogP contribution in [0, 0.1) is 6.92 Å². The fraction of sp³-hybridized carbons (Fsp3) is 0.250. The van der Waals surface area contributed by atoms with Crippen LogP contribution < -0.4 is 5.32 Å². The van der Waals surface area contributed by atoms with E-state index in [9.17, 15) is 4.79 Å². The van der Waals surface area contributed by atoms with Crippen LogP contribution in [0.15, 0.2) is 57.8 Å². The van der Waals surface area contributed by atoms with Crippen molar-refractivity contribution in [2.24, 2.45) is 0 Å². The molecule has 0 saturated carbocycles. The van der Waals surface area contributed by atoms with E-state index >= 15 is 0 Å². The van der Waals surface area contributed by atoms with Crippen molar-refractivity contribution >= 4 is 23.7 Å². The lowest BCUT2D eigenvalue weighted by atomic mass is 10.1. The van der Waals surface area contributed by atoms with Gasteiger partial charge in [-0.25, -0.2) is 0 Å². The minimum absolute atomic E-state index is 0.110. The molecule has 0 bridgehead atoms. The summed E-state index contributed by atoms with van der Waals surface area (Å²) in [5.74, 6) is 0.204. The summed E-state index contributed by atoms with van der Waals surface area (Å²) >= 11 is 1.77. The van der Waals surface area contributed by atoms with Crippen LogP contribution in [0.25, 0.3) is 11.5 Å². The quantitative estimate of drug-likeness (QED) is 0.638. The van der Waals surface area contributed by atoms with Crippen LogP contribution in [0.1, 0.15) is 25.0 Å². The molecule has 0 saturated heterocycles. The van der Waals surface area contributed by atoms with E-state index in [1.54, 1.807) is 11.8 Å². The summed E-state index contributed by atoms with van der Waals surface area (Å²) in [6, 6.07) is 15.9. The van der Waals surface area contributed by atoms with E-state index in [0.717, 1.165) is 21.6 Å². The molecule has 0 aliphatic carbocycles. The molecule has 3 rings (SSSR count). The number of nitrogens with one attached hydrogen (secondary N) is 1. The monoisotopic (exact) mass is 367 g/mol. The second-order valence-electron chi connectivity index (χ2n) is 6.32. The third kappa shape index (κ3) is 4.95. The van der Waals surface area contributed by atoms with Gasteiger partial charge in [-0.3, -0.25) is 10.1 Å². The first-order valence-corrected chi connectivity index (χ1v) is 9.33. The van der Waals surface area contributed by atoms with Gasteiger partial charge in [0, 0.05) is 15.7 Å². The Kier molecular flexibility index (Phi) is 5.73. The van der Waals surface area contributed by atoms with Crippen molar-refractivity contribution in [1.82, 2.24) is 10.2 Å². The zero-order valence-electron chi connectivity index (χ0n) is 15.0. The molecular weight excluding hydrogens is 346 g/mol. The Bertz CT molecular complexity index is 888. The summed E-state index contributed by atoms with van der Waals surface area (Å²) in [6.07, 6.45) is 0.262. The molecule has 1 heterocycles. The van der Waals surface area contributed by atoms with Crippen molar-refractivity contribution in [2.75, 3.05) is 5.32 Å². The summed E-state index contributed by atoms with van der Waals surface area (Å²) in [4.78, 5) is 13.3. The van der Waals surface area contributed by atoms with Gasteiger partial charge in [0.15, 0.2) is 0 Å². The molecule has 1 aromatic heterocycles.